The largest absolute Gasteiger partial charge is 1.00 e. The maximum Gasteiger partial charge on any atom is 1.00 e. The van der Waals surface area contributed by atoms with Crippen molar-refractivity contribution in [3.63, 3.8) is 0 Å². The molecule has 0 radical (unpaired) electrons. The summed E-state index contributed by atoms with van der Waals surface area (Å²) in [5.41, 5.74) is 0. The fourth-order valence-electron chi connectivity index (χ4n) is 0.259. The van der Waals surface area contributed by atoms with Crippen LogP contribution in [0.1, 0.15) is 1.43 Å². The van der Waals surface area contributed by atoms with Crippen LogP contribution in [0, 0.1) is 0 Å². The number of hydrogen-bond acceptors (Lipinski definition) is 1. The van der Waals surface area contributed by atoms with Gasteiger partial charge in [-0.05, 0) is 0 Å². The van der Waals surface area contributed by atoms with Crippen molar-refractivity contribution in [3.8, 4) is 0 Å². The van der Waals surface area contributed by atoms with Gasteiger partial charge < -0.3 is 17.7 Å². The molecule has 52 valence electrons. The van der Waals surface area contributed by atoms with Crippen LogP contribution in [0.4, 0.5) is 0 Å². The van der Waals surface area contributed by atoms with E-state index in [-0.39, 0.29) is 13.8 Å². The Bertz CT molecular complexity index is 35.0. The molecule has 0 aliphatic rings. The molecule has 0 aromatic carbocycles. The Kier molecular flexibility index (Phi) is 15.6. The van der Waals surface area contributed by atoms with E-state index in [9.17, 15) is 0 Å². The fourth-order valence-corrected chi connectivity index (χ4v) is 0.526. The zero-order valence-electron chi connectivity index (χ0n) is 5.46. The SMILES string of the molecule is ClCCNCCCl.[Cl-].[H+]. The molecule has 4 heteroatoms. The molecule has 0 spiro atoms. The molecule has 0 fully saturated rings. The van der Waals surface area contributed by atoms with Crippen molar-refractivity contribution in [2.75, 3.05) is 24.8 Å². The standard InChI is InChI=1S/C4H9Cl2N.ClH/c5-1-3-7-4-2-6;/h7H,1-4H2;1H. The average Bonchev–Trinajstić information content (AvgIpc) is 1.69. The van der Waals surface area contributed by atoms with E-state index in [0.29, 0.717) is 11.8 Å². The lowest BCUT2D eigenvalue weighted by atomic mass is 10.7. The highest BCUT2D eigenvalue weighted by Gasteiger charge is 1.78. The minimum absolute atomic E-state index is 0. The van der Waals surface area contributed by atoms with E-state index in [0.717, 1.165) is 13.1 Å². The zero-order chi connectivity index (χ0) is 5.54. The monoisotopic (exact) mass is 177 g/mol. The van der Waals surface area contributed by atoms with Gasteiger partial charge in [-0.1, -0.05) is 0 Å². The zero-order valence-corrected chi connectivity index (χ0v) is 6.73. The molecule has 0 aliphatic carbocycles. The minimum Gasteiger partial charge on any atom is -1.00 e. The summed E-state index contributed by atoms with van der Waals surface area (Å²) in [5.74, 6) is 1.33. The summed E-state index contributed by atoms with van der Waals surface area (Å²) in [6, 6.07) is 0. The van der Waals surface area contributed by atoms with Gasteiger partial charge in [-0.3, -0.25) is 0 Å². The highest BCUT2D eigenvalue weighted by atomic mass is 35.5. The second-order valence-electron chi connectivity index (χ2n) is 1.13. The van der Waals surface area contributed by atoms with Gasteiger partial charge in [0.2, 0.25) is 0 Å². The van der Waals surface area contributed by atoms with Crippen molar-refractivity contribution < 1.29 is 13.8 Å². The Hall–Kier alpha value is 0.830. The minimum atomic E-state index is 0. The lowest BCUT2D eigenvalue weighted by Crippen LogP contribution is -3.00. The van der Waals surface area contributed by atoms with Gasteiger partial charge in [0.15, 0.2) is 0 Å². The Morgan fingerprint density at radius 2 is 1.50 bits per heavy atom. The Morgan fingerprint density at radius 3 is 1.75 bits per heavy atom. The third-order valence-electron chi connectivity index (χ3n) is 0.543. The van der Waals surface area contributed by atoms with E-state index in [1.165, 1.54) is 0 Å². The third kappa shape index (κ3) is 9.95. The summed E-state index contributed by atoms with van der Waals surface area (Å²) < 4.78 is 0. The lowest BCUT2D eigenvalue weighted by molar-refractivity contribution is -0.00000140. The second kappa shape index (κ2) is 10.7. The first-order chi connectivity index (χ1) is 3.41. The molecule has 0 atom stereocenters. The van der Waals surface area contributed by atoms with Gasteiger partial charge in [0, 0.05) is 24.8 Å². The first-order valence-corrected chi connectivity index (χ1v) is 3.31. The summed E-state index contributed by atoms with van der Waals surface area (Å²) in [7, 11) is 0. The van der Waals surface area contributed by atoms with Crippen LogP contribution in [0.25, 0.3) is 0 Å². The molecule has 0 saturated heterocycles. The predicted octanol–water partition coefficient (Wildman–Crippen LogP) is -1.83. The average molecular weight is 178 g/mol. The van der Waals surface area contributed by atoms with E-state index in [1.54, 1.807) is 0 Å². The molecule has 0 saturated carbocycles. The van der Waals surface area contributed by atoms with Crippen molar-refractivity contribution in [2.45, 2.75) is 0 Å². The summed E-state index contributed by atoms with van der Waals surface area (Å²) in [5, 5.41) is 3.02. The first-order valence-electron chi connectivity index (χ1n) is 2.24. The van der Waals surface area contributed by atoms with Crippen LogP contribution in [0.15, 0.2) is 0 Å². The normalized spacial score (nSPS) is 8.25. The van der Waals surface area contributed by atoms with Gasteiger partial charge in [-0.2, -0.15) is 0 Å². The van der Waals surface area contributed by atoms with Crippen LogP contribution in [-0.2, 0) is 0 Å². The van der Waals surface area contributed by atoms with E-state index in [2.05, 4.69) is 5.32 Å². The summed E-state index contributed by atoms with van der Waals surface area (Å²) in [4.78, 5) is 0. The van der Waals surface area contributed by atoms with Gasteiger partial charge in [0.05, 0.1) is 0 Å². The van der Waals surface area contributed by atoms with Crippen LogP contribution in [0.5, 0.6) is 0 Å². The molecular formula is C4H10Cl3N. The molecule has 8 heavy (non-hydrogen) atoms. The molecule has 0 amide bonds. The van der Waals surface area contributed by atoms with E-state index in [4.69, 9.17) is 23.2 Å². The summed E-state index contributed by atoms with van der Waals surface area (Å²) in [6.07, 6.45) is 0. The molecular weight excluding hydrogens is 168 g/mol. The molecule has 0 rings (SSSR count). The van der Waals surface area contributed by atoms with E-state index >= 15 is 0 Å². The molecule has 0 heterocycles. The van der Waals surface area contributed by atoms with Gasteiger partial charge in [-0.15, -0.1) is 23.2 Å². The van der Waals surface area contributed by atoms with E-state index in [1.807, 2.05) is 0 Å². The third-order valence-corrected chi connectivity index (χ3v) is 0.921. The van der Waals surface area contributed by atoms with Crippen molar-refractivity contribution in [1.82, 2.24) is 5.32 Å². The van der Waals surface area contributed by atoms with Gasteiger partial charge >= 0.3 is 1.43 Å². The van der Waals surface area contributed by atoms with Crippen molar-refractivity contribution >= 4 is 23.2 Å². The number of hydrogen-bond donors (Lipinski definition) is 1. The fraction of sp³-hybridized carbons (Fsp3) is 1.00. The Morgan fingerprint density at radius 1 is 1.12 bits per heavy atom. The molecule has 0 aliphatic heterocycles. The maximum atomic E-state index is 5.33. The number of nitrogens with one attached hydrogen (secondary N) is 1. The quantitative estimate of drug-likeness (QED) is 0.395. The molecule has 0 aromatic heterocycles. The summed E-state index contributed by atoms with van der Waals surface area (Å²) in [6.45, 7) is 1.71. The number of halogens is 3. The molecule has 0 aromatic rings. The van der Waals surface area contributed by atoms with Crippen molar-refractivity contribution in [1.29, 1.82) is 0 Å². The topological polar surface area (TPSA) is 12.0 Å². The lowest BCUT2D eigenvalue weighted by Gasteiger charge is -1.93. The molecule has 1 nitrogen and oxygen atoms in total. The highest BCUT2D eigenvalue weighted by molar-refractivity contribution is 6.18. The molecule has 1 N–H and O–H groups in total. The van der Waals surface area contributed by atoms with Crippen LogP contribution >= 0.6 is 23.2 Å². The van der Waals surface area contributed by atoms with Gasteiger partial charge in [0.1, 0.15) is 0 Å². The molecule has 0 bridgehead atoms. The second-order valence-corrected chi connectivity index (χ2v) is 1.88. The van der Waals surface area contributed by atoms with Gasteiger partial charge in [-0.25, -0.2) is 0 Å². The number of rotatable bonds is 4. The Balaban J connectivity index is -0.000000180. The maximum absolute atomic E-state index is 5.33. The predicted molar refractivity (Wildman–Crippen MR) is 35.4 cm³/mol. The molecule has 0 unspecified atom stereocenters. The first kappa shape index (κ1) is 11.6. The van der Waals surface area contributed by atoms with Crippen molar-refractivity contribution in [2.24, 2.45) is 0 Å². The number of alkyl halides is 2. The smallest absolute Gasteiger partial charge is 1.00 e. The van der Waals surface area contributed by atoms with Crippen molar-refractivity contribution in [3.05, 3.63) is 0 Å². The van der Waals surface area contributed by atoms with Crippen LogP contribution in [-0.4, -0.2) is 24.8 Å². The van der Waals surface area contributed by atoms with Gasteiger partial charge in [0.25, 0.3) is 0 Å². The van der Waals surface area contributed by atoms with Crippen LogP contribution in [0.3, 0.4) is 0 Å². The van der Waals surface area contributed by atoms with Crippen LogP contribution in [0.2, 0.25) is 0 Å². The summed E-state index contributed by atoms with van der Waals surface area (Å²) >= 11 is 10.7. The van der Waals surface area contributed by atoms with E-state index < -0.39 is 0 Å². The Labute approximate surface area is 67.6 Å². The van der Waals surface area contributed by atoms with Crippen LogP contribution < -0.4 is 17.7 Å². The highest BCUT2D eigenvalue weighted by Crippen LogP contribution is 1.71.